The van der Waals surface area contributed by atoms with E-state index < -0.39 is 16.0 Å². The van der Waals surface area contributed by atoms with Crippen LogP contribution in [0, 0.1) is 6.92 Å². The zero-order valence-electron chi connectivity index (χ0n) is 14.2. The van der Waals surface area contributed by atoms with Crippen LogP contribution in [0.4, 0.5) is 0 Å². The number of piperidine rings is 1. The van der Waals surface area contributed by atoms with Crippen molar-refractivity contribution in [3.63, 3.8) is 0 Å². The van der Waals surface area contributed by atoms with Crippen LogP contribution >= 0.6 is 0 Å². The Bertz CT molecular complexity index is 904. The Kier molecular flexibility index (Phi) is 4.66. The van der Waals surface area contributed by atoms with Crippen LogP contribution in [0.5, 0.6) is 0 Å². The van der Waals surface area contributed by atoms with Gasteiger partial charge in [0, 0.05) is 26.3 Å². The maximum absolute atomic E-state index is 13.0. The molecule has 1 aliphatic rings. The van der Waals surface area contributed by atoms with E-state index in [1.165, 1.54) is 15.2 Å². The maximum atomic E-state index is 13.0. The molecule has 2 heterocycles. The summed E-state index contributed by atoms with van der Waals surface area (Å²) < 4.78 is 28.9. The second-order valence-electron chi connectivity index (χ2n) is 6.39. The third-order valence-electron chi connectivity index (χ3n) is 4.58. The van der Waals surface area contributed by atoms with Crippen LogP contribution in [0.3, 0.4) is 0 Å². The van der Waals surface area contributed by atoms with Crippen molar-refractivity contribution in [2.45, 2.75) is 30.6 Å². The lowest BCUT2D eigenvalue weighted by Gasteiger charge is -2.32. The average Bonchev–Trinajstić information content (AvgIpc) is 2.94. The predicted octanol–water partition coefficient (Wildman–Crippen LogP) is 2.00. The van der Waals surface area contributed by atoms with Crippen LogP contribution in [0.1, 0.15) is 40.4 Å². The van der Waals surface area contributed by atoms with Gasteiger partial charge >= 0.3 is 5.97 Å². The van der Waals surface area contributed by atoms with Crippen molar-refractivity contribution in [2.24, 2.45) is 7.05 Å². The molecule has 1 saturated heterocycles. The van der Waals surface area contributed by atoms with Crippen molar-refractivity contribution in [3.8, 4) is 0 Å². The molecule has 2 aromatic rings. The van der Waals surface area contributed by atoms with Crippen LogP contribution in [0.25, 0.3) is 0 Å². The van der Waals surface area contributed by atoms with E-state index in [0.717, 1.165) is 18.4 Å². The number of carboxylic acid groups (broad SMARTS) is 1. The molecule has 3 rings (SSSR count). The zero-order chi connectivity index (χ0) is 18.2. The summed E-state index contributed by atoms with van der Waals surface area (Å²) in [5, 5.41) is 13.3. The van der Waals surface area contributed by atoms with Gasteiger partial charge in [-0.15, -0.1) is 0 Å². The Morgan fingerprint density at radius 1 is 1.36 bits per heavy atom. The number of carboxylic acids is 1. The Hall–Kier alpha value is -2.19. The summed E-state index contributed by atoms with van der Waals surface area (Å²) in [6, 6.07) is 6.75. The molecule has 1 aliphatic heterocycles. The van der Waals surface area contributed by atoms with Gasteiger partial charge < -0.3 is 5.11 Å². The van der Waals surface area contributed by atoms with Crippen molar-refractivity contribution in [3.05, 3.63) is 47.3 Å². The average molecular weight is 363 g/mol. The minimum atomic E-state index is -3.61. The number of benzene rings is 1. The topological polar surface area (TPSA) is 92.5 Å². The number of aromatic carboxylic acids is 1. The third kappa shape index (κ3) is 3.45. The highest BCUT2D eigenvalue weighted by Crippen LogP contribution is 2.31. The molecule has 1 fully saturated rings. The van der Waals surface area contributed by atoms with Crippen LogP contribution in [0.15, 0.2) is 35.4 Å². The first-order valence-electron chi connectivity index (χ1n) is 8.12. The Balaban J connectivity index is 1.87. The molecule has 0 aliphatic carbocycles. The second kappa shape index (κ2) is 6.61. The number of hydrogen-bond donors (Lipinski definition) is 1. The van der Waals surface area contributed by atoms with Gasteiger partial charge in [-0.25, -0.2) is 13.2 Å². The van der Waals surface area contributed by atoms with Gasteiger partial charge in [0.25, 0.3) is 0 Å². The summed E-state index contributed by atoms with van der Waals surface area (Å²) in [4.78, 5) is 11.4. The summed E-state index contributed by atoms with van der Waals surface area (Å²) in [6.45, 7) is 2.50. The quantitative estimate of drug-likeness (QED) is 0.897. The van der Waals surface area contributed by atoms with Crippen LogP contribution < -0.4 is 0 Å². The van der Waals surface area contributed by atoms with Crippen LogP contribution in [0.2, 0.25) is 0 Å². The number of hydrogen-bond acceptors (Lipinski definition) is 4. The number of nitrogens with zero attached hydrogens (tertiary/aromatic N) is 3. The van der Waals surface area contributed by atoms with E-state index >= 15 is 0 Å². The molecular weight excluding hydrogens is 342 g/mol. The van der Waals surface area contributed by atoms with E-state index in [-0.39, 0.29) is 16.4 Å². The van der Waals surface area contributed by atoms with Crippen molar-refractivity contribution in [1.29, 1.82) is 0 Å². The zero-order valence-corrected chi connectivity index (χ0v) is 15.0. The SMILES string of the molecule is Cc1nn(C)cc1S(=O)(=O)N1CCC[C@H](c2cccc(C(=O)O)c2)C1. The lowest BCUT2D eigenvalue weighted by molar-refractivity contribution is 0.0696. The molecule has 1 N–H and O–H groups in total. The molecule has 1 aromatic heterocycles. The van der Waals surface area contributed by atoms with Gasteiger partial charge in [-0.1, -0.05) is 12.1 Å². The standard InChI is InChI=1S/C17H21N3O4S/c1-12-16(11-19(2)18-12)25(23,24)20-8-4-7-15(10-20)13-5-3-6-14(9-13)17(21)22/h3,5-6,9,11,15H,4,7-8,10H2,1-2H3,(H,21,22)/t15-/m0/s1. The number of aryl methyl sites for hydroxylation is 2. The number of rotatable bonds is 4. The molecule has 7 nitrogen and oxygen atoms in total. The van der Waals surface area contributed by atoms with Gasteiger partial charge in [0.15, 0.2) is 0 Å². The lowest BCUT2D eigenvalue weighted by Crippen LogP contribution is -2.39. The summed E-state index contributed by atoms with van der Waals surface area (Å²) in [5.41, 5.74) is 1.57. The molecule has 134 valence electrons. The monoisotopic (exact) mass is 363 g/mol. The van der Waals surface area contributed by atoms with Gasteiger partial charge in [-0.05, 0) is 43.4 Å². The first-order valence-corrected chi connectivity index (χ1v) is 9.56. The highest BCUT2D eigenvalue weighted by atomic mass is 32.2. The number of sulfonamides is 1. The molecule has 1 aromatic carbocycles. The Labute approximate surface area is 146 Å². The molecule has 25 heavy (non-hydrogen) atoms. The van der Waals surface area contributed by atoms with E-state index in [1.807, 2.05) is 6.07 Å². The highest BCUT2D eigenvalue weighted by molar-refractivity contribution is 7.89. The molecule has 0 bridgehead atoms. The molecule has 1 atom stereocenters. The highest BCUT2D eigenvalue weighted by Gasteiger charge is 2.33. The first-order chi connectivity index (χ1) is 11.8. The van der Waals surface area contributed by atoms with Gasteiger partial charge in [-0.3, -0.25) is 4.68 Å². The Morgan fingerprint density at radius 2 is 2.12 bits per heavy atom. The van der Waals surface area contributed by atoms with Crippen molar-refractivity contribution in [1.82, 2.24) is 14.1 Å². The summed E-state index contributed by atoms with van der Waals surface area (Å²) in [6.07, 6.45) is 3.10. The fraction of sp³-hybridized carbons (Fsp3) is 0.412. The third-order valence-corrected chi connectivity index (χ3v) is 6.54. The fourth-order valence-corrected chi connectivity index (χ4v) is 5.05. The van der Waals surface area contributed by atoms with Crippen molar-refractivity contribution < 1.29 is 18.3 Å². The predicted molar refractivity (Wildman–Crippen MR) is 92.1 cm³/mol. The van der Waals surface area contributed by atoms with Crippen molar-refractivity contribution in [2.75, 3.05) is 13.1 Å². The second-order valence-corrected chi connectivity index (χ2v) is 8.29. The number of carbonyl (C=O) groups is 1. The fourth-order valence-electron chi connectivity index (χ4n) is 3.33. The molecule has 0 spiro atoms. The molecule has 0 amide bonds. The maximum Gasteiger partial charge on any atom is 0.335 e. The van der Waals surface area contributed by atoms with Gasteiger partial charge in [0.2, 0.25) is 10.0 Å². The normalized spacial score (nSPS) is 19.0. The summed E-state index contributed by atoms with van der Waals surface area (Å²) in [7, 11) is -1.91. The molecule has 0 saturated carbocycles. The first kappa shape index (κ1) is 17.6. The molecule has 0 radical (unpaired) electrons. The van der Waals surface area contributed by atoms with Crippen molar-refractivity contribution >= 4 is 16.0 Å². The number of aromatic nitrogens is 2. The van der Waals surface area contributed by atoms with E-state index in [0.29, 0.717) is 18.8 Å². The summed E-state index contributed by atoms with van der Waals surface area (Å²) >= 11 is 0. The Morgan fingerprint density at radius 3 is 2.76 bits per heavy atom. The smallest absolute Gasteiger partial charge is 0.335 e. The molecule has 0 unspecified atom stereocenters. The van der Waals surface area contributed by atoms with E-state index in [2.05, 4.69) is 5.10 Å². The summed E-state index contributed by atoms with van der Waals surface area (Å²) in [5.74, 6) is -0.993. The van der Waals surface area contributed by atoms with Crippen LogP contribution in [-0.2, 0) is 17.1 Å². The molecule has 8 heteroatoms. The van der Waals surface area contributed by atoms with E-state index in [1.54, 1.807) is 32.2 Å². The van der Waals surface area contributed by atoms with Gasteiger partial charge in [0.1, 0.15) is 4.90 Å². The van der Waals surface area contributed by atoms with Crippen LogP contribution in [-0.4, -0.2) is 46.7 Å². The minimum Gasteiger partial charge on any atom is -0.478 e. The largest absolute Gasteiger partial charge is 0.478 e. The lowest BCUT2D eigenvalue weighted by atomic mass is 9.91. The minimum absolute atomic E-state index is 0.0141. The van der Waals surface area contributed by atoms with Gasteiger partial charge in [0.05, 0.1) is 11.3 Å². The molecular formula is C17H21N3O4S. The van der Waals surface area contributed by atoms with E-state index in [4.69, 9.17) is 5.11 Å². The van der Waals surface area contributed by atoms with Gasteiger partial charge in [-0.2, -0.15) is 9.40 Å². The van der Waals surface area contributed by atoms with E-state index in [9.17, 15) is 13.2 Å².